The van der Waals surface area contributed by atoms with Gasteiger partial charge in [-0.1, -0.05) is 0 Å². The lowest BCUT2D eigenvalue weighted by Crippen LogP contribution is -2.16. The molecule has 0 saturated carbocycles. The summed E-state index contributed by atoms with van der Waals surface area (Å²) in [6.45, 7) is 0. The van der Waals surface area contributed by atoms with Crippen LogP contribution in [0.2, 0.25) is 0 Å². The molecule has 0 saturated heterocycles. The highest BCUT2D eigenvalue weighted by Gasteiger charge is 2.40. The third-order valence-corrected chi connectivity index (χ3v) is 3.82. The van der Waals surface area contributed by atoms with E-state index >= 15 is 0 Å². The van der Waals surface area contributed by atoms with Gasteiger partial charge in [0, 0.05) is 17.5 Å². The van der Waals surface area contributed by atoms with Crippen LogP contribution in [0.25, 0.3) is 5.82 Å². The summed E-state index contributed by atoms with van der Waals surface area (Å²) in [6, 6.07) is 5.68. The Morgan fingerprint density at radius 1 is 1.59 bits per heavy atom. The maximum Gasteiger partial charge on any atom is 0.171 e. The molecule has 3 heterocycles. The maximum atomic E-state index is 9.74. The van der Waals surface area contributed by atoms with Crippen LogP contribution in [0.5, 0.6) is 0 Å². The second-order valence-corrected chi connectivity index (χ2v) is 4.80. The maximum absolute atomic E-state index is 9.74. The Hall–Kier alpha value is -2.13. The van der Waals surface area contributed by atoms with Gasteiger partial charge in [-0.2, -0.15) is 5.26 Å². The Bertz CT molecular complexity index is 647. The predicted molar refractivity (Wildman–Crippen MR) is 65.2 cm³/mol. The molecular formula is C11H8N4OS. The van der Waals surface area contributed by atoms with Gasteiger partial charge < -0.3 is 15.4 Å². The largest absolute Gasteiger partial charge is 0.501 e. The summed E-state index contributed by atoms with van der Waals surface area (Å²) < 4.78 is 1.76. The number of thioether (sulfide) groups is 1. The fourth-order valence-electron chi connectivity index (χ4n) is 2.26. The zero-order chi connectivity index (χ0) is 12.2. The van der Waals surface area contributed by atoms with Crippen LogP contribution in [0.1, 0.15) is 11.6 Å². The molecular weight excluding hydrogens is 236 g/mol. The fraction of sp³-hybridized carbons (Fsp3) is 0.0909. The highest BCUT2D eigenvalue weighted by molar-refractivity contribution is 8.17. The molecule has 0 radical (unpaired) electrons. The second kappa shape index (κ2) is 3.18. The molecule has 1 atom stereocenters. The number of rotatable bonds is 0. The van der Waals surface area contributed by atoms with Crippen molar-refractivity contribution in [2.45, 2.75) is 5.92 Å². The van der Waals surface area contributed by atoms with E-state index in [1.54, 1.807) is 10.8 Å². The van der Waals surface area contributed by atoms with Crippen molar-refractivity contribution in [1.29, 1.82) is 10.7 Å². The first-order chi connectivity index (χ1) is 8.15. The van der Waals surface area contributed by atoms with Gasteiger partial charge in [0.15, 0.2) is 5.09 Å². The average Bonchev–Trinajstić information content (AvgIpc) is 2.83. The molecule has 6 heteroatoms. The molecule has 0 amide bonds. The molecule has 1 aromatic rings. The van der Waals surface area contributed by atoms with E-state index in [1.165, 1.54) is 0 Å². The number of nitrogens with one attached hydrogen (secondary N) is 1. The lowest BCUT2D eigenvalue weighted by Gasteiger charge is -2.20. The highest BCUT2D eigenvalue weighted by Crippen LogP contribution is 2.48. The van der Waals surface area contributed by atoms with Crippen LogP contribution in [-0.4, -0.2) is 14.7 Å². The molecule has 0 aromatic carbocycles. The average molecular weight is 244 g/mol. The summed E-state index contributed by atoms with van der Waals surface area (Å²) in [5, 5.41) is 26.8. The molecule has 5 nitrogen and oxygen atoms in total. The van der Waals surface area contributed by atoms with E-state index in [-0.39, 0.29) is 15.7 Å². The summed E-state index contributed by atoms with van der Waals surface area (Å²) in [6.07, 6.45) is 1.79. The van der Waals surface area contributed by atoms with Gasteiger partial charge in [0.25, 0.3) is 0 Å². The van der Waals surface area contributed by atoms with E-state index in [9.17, 15) is 5.11 Å². The van der Waals surface area contributed by atoms with Crippen LogP contribution in [-0.2, 0) is 0 Å². The molecule has 4 N–H and O–H groups in total. The lowest BCUT2D eigenvalue weighted by molar-refractivity contribution is 0.449. The van der Waals surface area contributed by atoms with Gasteiger partial charge in [-0.3, -0.25) is 5.41 Å². The van der Waals surface area contributed by atoms with Crippen LogP contribution in [0.15, 0.2) is 34.6 Å². The molecule has 0 unspecified atom stereocenters. The Balaban J connectivity index is 2.33. The fourth-order valence-corrected chi connectivity index (χ4v) is 3.06. The van der Waals surface area contributed by atoms with E-state index in [1.807, 2.05) is 18.2 Å². The van der Waals surface area contributed by atoms with Crippen LogP contribution >= 0.6 is 11.8 Å². The Morgan fingerprint density at radius 2 is 2.35 bits per heavy atom. The number of fused-ring (bicyclic) bond motifs is 3. The van der Waals surface area contributed by atoms with Gasteiger partial charge in [0.2, 0.25) is 0 Å². The number of aromatic nitrogens is 1. The van der Waals surface area contributed by atoms with Crippen molar-refractivity contribution in [2.75, 3.05) is 0 Å². The highest BCUT2D eigenvalue weighted by atomic mass is 32.2. The quantitative estimate of drug-likeness (QED) is 0.647. The number of aliphatic hydroxyl groups is 1. The minimum absolute atomic E-state index is 0.103. The number of allylic oxidation sites excluding steroid dienone is 1. The summed E-state index contributed by atoms with van der Waals surface area (Å²) >= 11 is 0.873. The number of nitrogens with two attached hydrogens (primary N) is 1. The Labute approximate surface area is 101 Å². The predicted octanol–water partition coefficient (Wildman–Crippen LogP) is 1.73. The van der Waals surface area contributed by atoms with E-state index in [2.05, 4.69) is 0 Å². The molecule has 0 bridgehead atoms. The molecule has 84 valence electrons. The van der Waals surface area contributed by atoms with Gasteiger partial charge in [0.1, 0.15) is 16.9 Å². The molecule has 0 fully saturated rings. The standard InChI is InChI=1S/C11H8N4OS/c12-4-5-7-6-2-1-3-15(6)9(13)8(7)10(14)17-11(5)16/h1-3,7,14,16H,13H2/t7-/m0/s1. The van der Waals surface area contributed by atoms with Crippen molar-refractivity contribution in [3.8, 4) is 6.07 Å². The number of hydrogen-bond acceptors (Lipinski definition) is 5. The molecule has 3 rings (SSSR count). The van der Waals surface area contributed by atoms with Crippen LogP contribution in [0.4, 0.5) is 0 Å². The van der Waals surface area contributed by atoms with E-state index < -0.39 is 5.92 Å². The third kappa shape index (κ3) is 1.11. The van der Waals surface area contributed by atoms with Gasteiger partial charge in [-0.05, 0) is 23.9 Å². The van der Waals surface area contributed by atoms with Crippen molar-refractivity contribution >= 4 is 22.6 Å². The Kier molecular flexibility index (Phi) is 1.88. The zero-order valence-electron chi connectivity index (χ0n) is 8.64. The first kappa shape index (κ1) is 10.1. The summed E-state index contributed by atoms with van der Waals surface area (Å²) in [5.74, 6) is 0.0662. The number of nitrogens with zero attached hydrogens (tertiary/aromatic N) is 2. The molecule has 0 aliphatic carbocycles. The molecule has 0 spiro atoms. The molecule has 17 heavy (non-hydrogen) atoms. The topological polar surface area (TPSA) is 98.8 Å². The second-order valence-electron chi connectivity index (χ2n) is 3.80. The normalized spacial score (nSPS) is 22.5. The number of aliphatic hydroxyl groups excluding tert-OH is 1. The van der Waals surface area contributed by atoms with Crippen LogP contribution in [0.3, 0.4) is 0 Å². The van der Waals surface area contributed by atoms with Crippen molar-refractivity contribution in [3.63, 3.8) is 0 Å². The first-order valence-electron chi connectivity index (χ1n) is 4.92. The smallest absolute Gasteiger partial charge is 0.171 e. The summed E-state index contributed by atoms with van der Waals surface area (Å²) in [4.78, 5) is 0. The summed E-state index contributed by atoms with van der Waals surface area (Å²) in [5.41, 5.74) is 7.67. The van der Waals surface area contributed by atoms with E-state index in [0.29, 0.717) is 11.4 Å². The van der Waals surface area contributed by atoms with Crippen molar-refractivity contribution in [1.82, 2.24) is 4.57 Å². The van der Waals surface area contributed by atoms with Crippen LogP contribution < -0.4 is 5.73 Å². The number of hydrogen-bond donors (Lipinski definition) is 3. The SMILES string of the molecule is N#CC1=C(O)SC(=N)C2=C(N)n3cccc3[C@H]12. The third-order valence-electron chi connectivity index (χ3n) is 2.98. The minimum Gasteiger partial charge on any atom is -0.501 e. The lowest BCUT2D eigenvalue weighted by atomic mass is 9.91. The van der Waals surface area contributed by atoms with Crippen molar-refractivity contribution < 1.29 is 5.11 Å². The molecule has 1 aromatic heterocycles. The van der Waals surface area contributed by atoms with Crippen molar-refractivity contribution in [2.24, 2.45) is 5.73 Å². The van der Waals surface area contributed by atoms with Gasteiger partial charge >= 0.3 is 0 Å². The molecule has 2 aliphatic heterocycles. The van der Waals surface area contributed by atoms with E-state index in [0.717, 1.165) is 17.5 Å². The van der Waals surface area contributed by atoms with Gasteiger partial charge in [0.05, 0.1) is 11.5 Å². The Morgan fingerprint density at radius 3 is 3.06 bits per heavy atom. The number of nitriles is 1. The van der Waals surface area contributed by atoms with E-state index in [4.69, 9.17) is 16.4 Å². The first-order valence-corrected chi connectivity index (χ1v) is 5.74. The van der Waals surface area contributed by atoms with Crippen LogP contribution in [0, 0.1) is 16.7 Å². The summed E-state index contributed by atoms with van der Waals surface area (Å²) in [7, 11) is 0. The zero-order valence-corrected chi connectivity index (χ0v) is 9.45. The minimum atomic E-state index is -0.399. The van der Waals surface area contributed by atoms with Crippen molar-refractivity contribution in [3.05, 3.63) is 40.3 Å². The van der Waals surface area contributed by atoms with Gasteiger partial charge in [-0.15, -0.1) is 0 Å². The monoisotopic (exact) mass is 244 g/mol. The molecule has 2 aliphatic rings. The van der Waals surface area contributed by atoms with Gasteiger partial charge in [-0.25, -0.2) is 0 Å².